The number of nitrogens with one attached hydrogen (secondary N) is 1. The summed E-state index contributed by atoms with van der Waals surface area (Å²) in [5.74, 6) is 0. The lowest BCUT2D eigenvalue weighted by atomic mass is 10.1. The van der Waals surface area contributed by atoms with E-state index in [2.05, 4.69) is 46.6 Å². The first kappa shape index (κ1) is 12.0. The summed E-state index contributed by atoms with van der Waals surface area (Å²) >= 11 is 0. The maximum absolute atomic E-state index is 4.20. The molecule has 0 saturated carbocycles. The number of para-hydroxylation sites is 1. The summed E-state index contributed by atoms with van der Waals surface area (Å²) in [5.41, 5.74) is 6.04. The minimum absolute atomic E-state index is 0.894. The van der Waals surface area contributed by atoms with Gasteiger partial charge in [-0.15, -0.1) is 0 Å². The van der Waals surface area contributed by atoms with Crippen LogP contribution in [0.25, 0.3) is 0 Å². The van der Waals surface area contributed by atoms with Crippen LogP contribution in [0.3, 0.4) is 0 Å². The Hall–Kier alpha value is -1.51. The Kier molecular flexibility index (Phi) is 4.42. The van der Waals surface area contributed by atoms with Gasteiger partial charge in [0.15, 0.2) is 0 Å². The quantitative estimate of drug-likeness (QED) is 0.762. The van der Waals surface area contributed by atoms with Crippen molar-refractivity contribution in [3.63, 3.8) is 0 Å². The van der Waals surface area contributed by atoms with Crippen molar-refractivity contribution in [3.8, 4) is 0 Å². The van der Waals surface area contributed by atoms with E-state index in [1.54, 1.807) is 0 Å². The summed E-state index contributed by atoms with van der Waals surface area (Å²) in [5, 5.41) is 2.05. The van der Waals surface area contributed by atoms with Crippen LogP contribution in [-0.2, 0) is 6.42 Å². The zero-order valence-corrected chi connectivity index (χ0v) is 10.5. The molecular weight excluding hydrogens is 210 g/mol. The predicted octanol–water partition coefficient (Wildman–Crippen LogP) is 3.09. The van der Waals surface area contributed by atoms with Gasteiger partial charge in [-0.25, -0.2) is 0 Å². The van der Waals surface area contributed by atoms with Gasteiger partial charge in [0.05, 0.1) is 18.8 Å². The van der Waals surface area contributed by atoms with E-state index in [1.165, 1.54) is 30.5 Å². The van der Waals surface area contributed by atoms with Gasteiger partial charge in [0, 0.05) is 0 Å². The number of rotatable bonds is 6. The van der Waals surface area contributed by atoms with Crippen LogP contribution < -0.4 is 5.43 Å². The highest BCUT2D eigenvalue weighted by molar-refractivity contribution is 5.62. The van der Waals surface area contributed by atoms with Gasteiger partial charge in [-0.2, -0.15) is 0 Å². The van der Waals surface area contributed by atoms with Crippen molar-refractivity contribution in [2.45, 2.75) is 32.6 Å². The topological polar surface area (TPSA) is 27.6 Å². The molecule has 3 heteroatoms. The number of anilines is 1. The minimum Gasteiger partial charge on any atom is -0.297 e. The highest BCUT2D eigenvalue weighted by Gasteiger charge is 2.07. The maximum atomic E-state index is 4.20. The summed E-state index contributed by atoms with van der Waals surface area (Å²) in [6, 6.07) is 8.56. The molecule has 1 aliphatic heterocycles. The largest absolute Gasteiger partial charge is 0.297 e. The van der Waals surface area contributed by atoms with Crippen LogP contribution in [0.2, 0.25) is 0 Å². The first-order valence-electron chi connectivity index (χ1n) is 6.51. The summed E-state index contributed by atoms with van der Waals surface area (Å²) in [7, 11) is 0. The van der Waals surface area contributed by atoms with Crippen molar-refractivity contribution in [1.82, 2.24) is 5.01 Å². The lowest BCUT2D eigenvalue weighted by Gasteiger charge is -2.19. The molecule has 0 aromatic heterocycles. The third-order valence-corrected chi connectivity index (χ3v) is 3.02. The maximum Gasteiger partial charge on any atom is 0.104 e. The Bertz CT molecular complexity index is 373. The molecular formula is C14H21N3. The van der Waals surface area contributed by atoms with Crippen molar-refractivity contribution < 1.29 is 0 Å². The average molecular weight is 231 g/mol. The lowest BCUT2D eigenvalue weighted by Crippen LogP contribution is -2.27. The summed E-state index contributed by atoms with van der Waals surface area (Å²) < 4.78 is 0. The van der Waals surface area contributed by atoms with Gasteiger partial charge in [-0.1, -0.05) is 38.0 Å². The fourth-order valence-corrected chi connectivity index (χ4v) is 2.03. The van der Waals surface area contributed by atoms with E-state index in [4.69, 9.17) is 0 Å². The number of hydrazine groups is 1. The second kappa shape index (κ2) is 6.28. The highest BCUT2D eigenvalue weighted by atomic mass is 15.5. The standard InChI is InChI=1S/C14H21N3/c1-2-3-4-7-13-8-5-6-9-14(13)16-17-11-10-15-12-17/h5-6,8-9,12,16H,2-4,7,10-11H2,1H3. The third-order valence-electron chi connectivity index (χ3n) is 3.02. The van der Waals surface area contributed by atoms with Crippen molar-refractivity contribution in [1.29, 1.82) is 0 Å². The molecule has 0 saturated heterocycles. The summed E-state index contributed by atoms with van der Waals surface area (Å²) in [4.78, 5) is 4.20. The molecule has 0 spiro atoms. The normalized spacial score (nSPS) is 14.3. The van der Waals surface area contributed by atoms with Crippen LogP contribution in [0.15, 0.2) is 29.3 Å². The summed E-state index contributed by atoms with van der Waals surface area (Å²) in [6.45, 7) is 4.10. The molecule has 2 rings (SSSR count). The first-order chi connectivity index (χ1) is 8.40. The third kappa shape index (κ3) is 3.48. The first-order valence-corrected chi connectivity index (χ1v) is 6.51. The number of aryl methyl sites for hydroxylation is 1. The van der Waals surface area contributed by atoms with E-state index in [-0.39, 0.29) is 0 Å². The van der Waals surface area contributed by atoms with Gasteiger partial charge in [0.25, 0.3) is 0 Å². The van der Waals surface area contributed by atoms with E-state index in [9.17, 15) is 0 Å². The zero-order valence-electron chi connectivity index (χ0n) is 10.5. The molecule has 92 valence electrons. The Labute approximate surface area is 104 Å². The van der Waals surface area contributed by atoms with Gasteiger partial charge < -0.3 is 0 Å². The average Bonchev–Trinajstić information content (AvgIpc) is 2.84. The molecule has 17 heavy (non-hydrogen) atoms. The number of hydrogen-bond donors (Lipinski definition) is 1. The monoisotopic (exact) mass is 231 g/mol. The van der Waals surface area contributed by atoms with E-state index in [0.29, 0.717) is 0 Å². The Morgan fingerprint density at radius 3 is 2.94 bits per heavy atom. The fraction of sp³-hybridized carbons (Fsp3) is 0.500. The van der Waals surface area contributed by atoms with Crippen molar-refractivity contribution in [2.75, 3.05) is 18.5 Å². The van der Waals surface area contributed by atoms with Crippen LogP contribution in [0.4, 0.5) is 5.69 Å². The number of unbranched alkanes of at least 4 members (excludes halogenated alkanes) is 2. The molecule has 0 bridgehead atoms. The molecule has 1 heterocycles. The molecule has 0 fully saturated rings. The van der Waals surface area contributed by atoms with Crippen LogP contribution in [0.5, 0.6) is 0 Å². The van der Waals surface area contributed by atoms with Crippen LogP contribution in [0, 0.1) is 0 Å². The van der Waals surface area contributed by atoms with Crippen molar-refractivity contribution in [2.24, 2.45) is 4.99 Å². The highest BCUT2D eigenvalue weighted by Crippen LogP contribution is 2.18. The molecule has 0 amide bonds. The van der Waals surface area contributed by atoms with Gasteiger partial charge in [0.1, 0.15) is 6.34 Å². The second-order valence-electron chi connectivity index (χ2n) is 4.44. The molecule has 1 N–H and O–H groups in total. The molecule has 1 aliphatic rings. The van der Waals surface area contributed by atoms with Crippen LogP contribution >= 0.6 is 0 Å². The lowest BCUT2D eigenvalue weighted by molar-refractivity contribution is 0.556. The van der Waals surface area contributed by atoms with E-state index in [1.807, 2.05) is 6.34 Å². The molecule has 0 atom stereocenters. The van der Waals surface area contributed by atoms with Crippen LogP contribution in [-0.4, -0.2) is 24.4 Å². The Morgan fingerprint density at radius 1 is 1.29 bits per heavy atom. The number of aliphatic imine (C=N–C) groups is 1. The summed E-state index contributed by atoms with van der Waals surface area (Å²) in [6.07, 6.45) is 6.88. The molecule has 3 nitrogen and oxygen atoms in total. The molecule has 0 aliphatic carbocycles. The molecule has 0 radical (unpaired) electrons. The van der Waals surface area contributed by atoms with E-state index in [0.717, 1.165) is 19.5 Å². The molecule has 1 aromatic carbocycles. The minimum atomic E-state index is 0.894. The fourth-order valence-electron chi connectivity index (χ4n) is 2.03. The molecule has 0 unspecified atom stereocenters. The zero-order chi connectivity index (χ0) is 11.9. The van der Waals surface area contributed by atoms with Crippen molar-refractivity contribution >= 4 is 12.0 Å². The van der Waals surface area contributed by atoms with Gasteiger partial charge in [0.2, 0.25) is 0 Å². The van der Waals surface area contributed by atoms with Crippen LogP contribution in [0.1, 0.15) is 31.7 Å². The number of nitrogens with zero attached hydrogens (tertiary/aromatic N) is 2. The second-order valence-corrected chi connectivity index (χ2v) is 4.44. The number of hydrogen-bond acceptors (Lipinski definition) is 3. The van der Waals surface area contributed by atoms with Gasteiger partial charge >= 0.3 is 0 Å². The molecule has 1 aromatic rings. The number of benzene rings is 1. The Balaban J connectivity index is 1.96. The predicted molar refractivity (Wildman–Crippen MR) is 73.4 cm³/mol. The Morgan fingerprint density at radius 2 is 2.18 bits per heavy atom. The SMILES string of the molecule is CCCCCc1ccccc1NN1C=NCC1. The van der Waals surface area contributed by atoms with Gasteiger partial charge in [-0.3, -0.25) is 15.4 Å². The van der Waals surface area contributed by atoms with Crippen molar-refractivity contribution in [3.05, 3.63) is 29.8 Å². The van der Waals surface area contributed by atoms with E-state index >= 15 is 0 Å². The van der Waals surface area contributed by atoms with Gasteiger partial charge in [-0.05, 0) is 24.5 Å². The van der Waals surface area contributed by atoms with E-state index < -0.39 is 0 Å². The smallest absolute Gasteiger partial charge is 0.104 e.